The average Bonchev–Trinajstić information content (AvgIpc) is 2.66. The topological polar surface area (TPSA) is 46.6 Å². The van der Waals surface area contributed by atoms with E-state index in [1.54, 1.807) is 18.2 Å². The van der Waals surface area contributed by atoms with Crippen LogP contribution in [0.1, 0.15) is 46.5 Å². The van der Waals surface area contributed by atoms with Gasteiger partial charge in [-0.2, -0.15) is 0 Å². The highest BCUT2D eigenvalue weighted by Crippen LogP contribution is 2.24. The van der Waals surface area contributed by atoms with Crippen molar-refractivity contribution in [1.29, 1.82) is 0 Å². The lowest BCUT2D eigenvalue weighted by Crippen LogP contribution is -2.32. The van der Waals surface area contributed by atoms with Gasteiger partial charge in [-0.25, -0.2) is 4.79 Å². The van der Waals surface area contributed by atoms with Gasteiger partial charge < -0.3 is 9.64 Å². The number of nitrogens with zero attached hydrogens (tertiary/aromatic N) is 1. The van der Waals surface area contributed by atoms with E-state index in [1.807, 2.05) is 30.3 Å². The molecule has 3 rings (SSSR count). The SMILES string of the molecule is CCN(CC)c1ccc(C(=O)O[C@H]2CCc3ccccc3C2=O)cc1. The van der Waals surface area contributed by atoms with Gasteiger partial charge in [-0.3, -0.25) is 4.79 Å². The van der Waals surface area contributed by atoms with Gasteiger partial charge in [0, 0.05) is 24.3 Å². The molecule has 0 aliphatic heterocycles. The molecular formula is C21H23NO3. The monoisotopic (exact) mass is 337 g/mol. The lowest BCUT2D eigenvalue weighted by atomic mass is 9.89. The van der Waals surface area contributed by atoms with E-state index in [2.05, 4.69) is 18.7 Å². The minimum absolute atomic E-state index is 0.102. The van der Waals surface area contributed by atoms with Crippen LogP contribution in [-0.4, -0.2) is 30.9 Å². The minimum Gasteiger partial charge on any atom is -0.450 e. The van der Waals surface area contributed by atoms with E-state index in [1.165, 1.54) is 0 Å². The van der Waals surface area contributed by atoms with Crippen LogP contribution in [0.2, 0.25) is 0 Å². The van der Waals surface area contributed by atoms with Gasteiger partial charge in [0.05, 0.1) is 5.56 Å². The predicted molar refractivity (Wildman–Crippen MR) is 98.3 cm³/mol. The number of ether oxygens (including phenoxy) is 1. The van der Waals surface area contributed by atoms with Crippen LogP contribution >= 0.6 is 0 Å². The Kier molecular flexibility index (Phi) is 5.17. The lowest BCUT2D eigenvalue weighted by molar-refractivity contribution is 0.0257. The first-order valence-electron chi connectivity index (χ1n) is 8.82. The van der Waals surface area contributed by atoms with E-state index in [9.17, 15) is 9.59 Å². The van der Waals surface area contributed by atoms with Crippen LogP contribution < -0.4 is 4.90 Å². The molecule has 1 aliphatic carbocycles. The number of ketones is 1. The maximum absolute atomic E-state index is 12.5. The zero-order valence-corrected chi connectivity index (χ0v) is 14.7. The molecule has 0 unspecified atom stereocenters. The van der Waals surface area contributed by atoms with Gasteiger partial charge in [-0.1, -0.05) is 24.3 Å². The number of carbonyl (C=O) groups is 2. The quantitative estimate of drug-likeness (QED) is 0.777. The zero-order valence-electron chi connectivity index (χ0n) is 14.7. The molecule has 4 nitrogen and oxygen atoms in total. The molecule has 0 saturated carbocycles. The third-order valence-electron chi connectivity index (χ3n) is 4.73. The van der Waals surface area contributed by atoms with Gasteiger partial charge in [0.2, 0.25) is 5.78 Å². The maximum atomic E-state index is 12.5. The number of fused-ring (bicyclic) bond motifs is 1. The van der Waals surface area contributed by atoms with Crippen molar-refractivity contribution in [1.82, 2.24) is 0 Å². The Balaban J connectivity index is 1.70. The second-order valence-corrected chi connectivity index (χ2v) is 6.17. The Morgan fingerprint density at radius 1 is 1.08 bits per heavy atom. The van der Waals surface area contributed by atoms with Gasteiger partial charge in [0.15, 0.2) is 6.10 Å². The molecule has 2 aromatic carbocycles. The van der Waals surface area contributed by atoms with Gasteiger partial charge in [0.25, 0.3) is 0 Å². The molecule has 0 N–H and O–H groups in total. The molecule has 1 aliphatic rings. The second-order valence-electron chi connectivity index (χ2n) is 6.17. The number of carbonyl (C=O) groups excluding carboxylic acids is 2. The van der Waals surface area contributed by atoms with E-state index in [4.69, 9.17) is 4.74 Å². The van der Waals surface area contributed by atoms with Gasteiger partial charge in [-0.05, 0) is 56.5 Å². The largest absolute Gasteiger partial charge is 0.450 e. The predicted octanol–water partition coefficient (Wildman–Crippen LogP) is 3.89. The molecule has 0 fully saturated rings. The Bertz CT molecular complexity index is 763. The third kappa shape index (κ3) is 3.58. The molecule has 0 saturated heterocycles. The van der Waals surface area contributed by atoms with Gasteiger partial charge in [0.1, 0.15) is 0 Å². The molecule has 1 atom stereocenters. The number of Topliss-reactive ketones (excluding diaryl/α,β-unsaturated/α-hetero) is 1. The molecule has 0 bridgehead atoms. The molecule has 2 aromatic rings. The van der Waals surface area contributed by atoms with Crippen molar-refractivity contribution in [3.05, 3.63) is 65.2 Å². The summed E-state index contributed by atoms with van der Waals surface area (Å²) in [5.41, 5.74) is 3.25. The van der Waals surface area contributed by atoms with E-state index >= 15 is 0 Å². The van der Waals surface area contributed by atoms with Crippen LogP contribution in [0.3, 0.4) is 0 Å². The molecule has 0 amide bonds. The van der Waals surface area contributed by atoms with Crippen molar-refractivity contribution in [3.63, 3.8) is 0 Å². The summed E-state index contributed by atoms with van der Waals surface area (Å²) in [7, 11) is 0. The van der Waals surface area contributed by atoms with Crippen molar-refractivity contribution in [2.45, 2.75) is 32.8 Å². The molecule has 0 radical (unpaired) electrons. The summed E-state index contributed by atoms with van der Waals surface area (Å²) in [6, 6.07) is 14.9. The van der Waals surface area contributed by atoms with Crippen LogP contribution in [-0.2, 0) is 11.2 Å². The third-order valence-corrected chi connectivity index (χ3v) is 4.73. The van der Waals surface area contributed by atoms with Crippen molar-refractivity contribution < 1.29 is 14.3 Å². The van der Waals surface area contributed by atoms with E-state index in [0.717, 1.165) is 30.8 Å². The fourth-order valence-electron chi connectivity index (χ4n) is 3.28. The highest BCUT2D eigenvalue weighted by atomic mass is 16.5. The number of esters is 1. The van der Waals surface area contributed by atoms with Crippen LogP contribution in [0.4, 0.5) is 5.69 Å². The fourth-order valence-corrected chi connectivity index (χ4v) is 3.28. The molecule has 25 heavy (non-hydrogen) atoms. The molecule has 130 valence electrons. The summed E-state index contributed by atoms with van der Waals surface area (Å²) in [5.74, 6) is -0.543. The summed E-state index contributed by atoms with van der Waals surface area (Å²) < 4.78 is 5.50. The molecule has 0 spiro atoms. The standard InChI is InChI=1S/C21H23NO3/c1-3-22(4-2)17-12-9-16(10-13-17)21(24)25-19-14-11-15-7-5-6-8-18(15)20(19)23/h5-10,12-13,19H,3-4,11,14H2,1-2H3/t19-/m0/s1. The number of hydrogen-bond acceptors (Lipinski definition) is 4. The number of hydrogen-bond donors (Lipinski definition) is 0. The molecule has 0 heterocycles. The molecule has 0 aromatic heterocycles. The molecule has 4 heteroatoms. The van der Waals surface area contributed by atoms with E-state index in [0.29, 0.717) is 17.5 Å². The van der Waals surface area contributed by atoms with Crippen molar-refractivity contribution >= 4 is 17.4 Å². The first-order valence-corrected chi connectivity index (χ1v) is 8.82. The van der Waals surface area contributed by atoms with Crippen molar-refractivity contribution in [2.24, 2.45) is 0 Å². The number of benzene rings is 2. The smallest absolute Gasteiger partial charge is 0.338 e. The lowest BCUT2D eigenvalue weighted by Gasteiger charge is -2.23. The maximum Gasteiger partial charge on any atom is 0.338 e. The summed E-state index contributed by atoms with van der Waals surface area (Å²) in [4.78, 5) is 27.1. The Morgan fingerprint density at radius 3 is 2.44 bits per heavy atom. The second kappa shape index (κ2) is 7.51. The Morgan fingerprint density at radius 2 is 1.76 bits per heavy atom. The highest BCUT2D eigenvalue weighted by molar-refractivity contribution is 6.03. The Labute approximate surface area is 148 Å². The normalized spacial score (nSPS) is 16.2. The number of anilines is 1. The minimum atomic E-state index is -0.690. The van der Waals surface area contributed by atoms with Crippen molar-refractivity contribution in [3.8, 4) is 0 Å². The number of aryl methyl sites for hydroxylation is 1. The first-order chi connectivity index (χ1) is 12.1. The molecular weight excluding hydrogens is 314 g/mol. The van der Waals surface area contributed by atoms with E-state index < -0.39 is 12.1 Å². The fraction of sp³-hybridized carbons (Fsp3) is 0.333. The first kappa shape index (κ1) is 17.2. The van der Waals surface area contributed by atoms with Crippen LogP contribution in [0.15, 0.2) is 48.5 Å². The highest BCUT2D eigenvalue weighted by Gasteiger charge is 2.30. The number of rotatable bonds is 5. The van der Waals surface area contributed by atoms with Gasteiger partial charge in [-0.15, -0.1) is 0 Å². The summed E-state index contributed by atoms with van der Waals surface area (Å²) >= 11 is 0. The average molecular weight is 337 g/mol. The van der Waals surface area contributed by atoms with Gasteiger partial charge >= 0.3 is 5.97 Å². The Hall–Kier alpha value is -2.62. The van der Waals surface area contributed by atoms with Crippen LogP contribution in [0.25, 0.3) is 0 Å². The summed E-state index contributed by atoms with van der Waals surface area (Å²) in [6.07, 6.45) is 0.602. The zero-order chi connectivity index (χ0) is 17.8. The van der Waals surface area contributed by atoms with Crippen LogP contribution in [0.5, 0.6) is 0 Å². The van der Waals surface area contributed by atoms with Crippen molar-refractivity contribution in [2.75, 3.05) is 18.0 Å². The van der Waals surface area contributed by atoms with Crippen LogP contribution in [0, 0.1) is 0 Å². The summed E-state index contributed by atoms with van der Waals surface area (Å²) in [5, 5.41) is 0. The van der Waals surface area contributed by atoms with E-state index in [-0.39, 0.29) is 5.78 Å². The summed E-state index contributed by atoms with van der Waals surface area (Å²) in [6.45, 7) is 6.02.